The fourth-order valence-electron chi connectivity index (χ4n) is 4.07. The number of aromatic amines is 1. The van der Waals surface area contributed by atoms with Crippen LogP contribution in [0.2, 0.25) is 0 Å². The zero-order valence-electron chi connectivity index (χ0n) is 14.8. The molecule has 4 heterocycles. The molecule has 0 spiro atoms. The van der Waals surface area contributed by atoms with Crippen molar-refractivity contribution in [1.82, 2.24) is 24.4 Å². The Hall–Kier alpha value is -3.22. The van der Waals surface area contributed by atoms with E-state index in [-0.39, 0.29) is 17.8 Å². The van der Waals surface area contributed by atoms with E-state index in [1.807, 2.05) is 24.1 Å². The second-order valence-corrected chi connectivity index (χ2v) is 6.96. The van der Waals surface area contributed by atoms with Gasteiger partial charge >= 0.3 is 0 Å². The predicted molar refractivity (Wildman–Crippen MR) is 100 cm³/mol. The molecule has 1 aromatic carbocycles. The van der Waals surface area contributed by atoms with Crippen molar-refractivity contribution >= 4 is 28.0 Å². The number of fused-ring (bicyclic) bond motifs is 3. The van der Waals surface area contributed by atoms with Gasteiger partial charge in [-0.2, -0.15) is 0 Å². The number of hydrogen-bond acceptors (Lipinski definition) is 3. The number of aromatic nitrogens is 4. The number of benzene rings is 1. The number of aryl methyl sites for hydroxylation is 1. The number of carbonyl (C=O) groups is 1. The lowest BCUT2D eigenvalue weighted by Gasteiger charge is -2.19. The van der Waals surface area contributed by atoms with Crippen LogP contribution in [0, 0.1) is 12.7 Å². The van der Waals surface area contributed by atoms with Crippen molar-refractivity contribution in [2.24, 2.45) is 0 Å². The molecule has 27 heavy (non-hydrogen) atoms. The van der Waals surface area contributed by atoms with E-state index in [4.69, 9.17) is 0 Å². The number of halogens is 1. The van der Waals surface area contributed by atoms with Crippen LogP contribution >= 0.6 is 0 Å². The average molecular weight is 363 g/mol. The van der Waals surface area contributed by atoms with E-state index in [1.165, 1.54) is 24.3 Å². The lowest BCUT2D eigenvalue weighted by molar-refractivity contribution is 0.0787. The summed E-state index contributed by atoms with van der Waals surface area (Å²) in [5.41, 5.74) is 3.27. The van der Waals surface area contributed by atoms with Crippen LogP contribution in [0.25, 0.3) is 22.1 Å². The van der Waals surface area contributed by atoms with E-state index in [0.29, 0.717) is 18.7 Å². The van der Waals surface area contributed by atoms with Crippen molar-refractivity contribution < 1.29 is 9.18 Å². The first-order chi connectivity index (χ1) is 13.1. The van der Waals surface area contributed by atoms with Crippen molar-refractivity contribution in [3.8, 4) is 0 Å². The van der Waals surface area contributed by atoms with Crippen LogP contribution in [0.4, 0.5) is 4.39 Å². The Morgan fingerprint density at radius 2 is 2.07 bits per heavy atom. The van der Waals surface area contributed by atoms with Crippen LogP contribution in [0.5, 0.6) is 0 Å². The molecule has 1 saturated heterocycles. The summed E-state index contributed by atoms with van der Waals surface area (Å²) in [6.45, 7) is 3.26. The van der Waals surface area contributed by atoms with Gasteiger partial charge < -0.3 is 14.5 Å². The molecule has 1 unspecified atom stereocenters. The fourth-order valence-corrected chi connectivity index (χ4v) is 4.07. The summed E-state index contributed by atoms with van der Waals surface area (Å²) in [6, 6.07) is 7.89. The minimum Gasteiger partial charge on any atom is -0.346 e. The predicted octanol–water partition coefficient (Wildman–Crippen LogP) is 3.45. The molecule has 1 aliphatic heterocycles. The highest BCUT2D eigenvalue weighted by Gasteiger charge is 2.30. The van der Waals surface area contributed by atoms with E-state index < -0.39 is 0 Å². The van der Waals surface area contributed by atoms with Crippen LogP contribution < -0.4 is 0 Å². The number of hydrogen-bond donors (Lipinski definition) is 1. The molecule has 0 aliphatic carbocycles. The summed E-state index contributed by atoms with van der Waals surface area (Å²) in [4.78, 5) is 26.8. The minimum absolute atomic E-state index is 0.0620. The maximum Gasteiger partial charge on any atom is 0.253 e. The molecule has 0 radical (unpaired) electrons. The van der Waals surface area contributed by atoms with Gasteiger partial charge in [-0.05, 0) is 43.7 Å². The molecular formula is C20H18FN5O. The topological polar surface area (TPSA) is 66.8 Å². The summed E-state index contributed by atoms with van der Waals surface area (Å²) < 4.78 is 15.4. The molecule has 136 valence electrons. The molecular weight excluding hydrogens is 345 g/mol. The Morgan fingerprint density at radius 1 is 1.26 bits per heavy atom. The summed E-state index contributed by atoms with van der Waals surface area (Å²) in [5.74, 6) is 0.519. The number of H-pyrrole nitrogens is 1. The van der Waals surface area contributed by atoms with Crippen LogP contribution in [0.1, 0.15) is 28.6 Å². The molecule has 4 aromatic rings. The SMILES string of the molecule is Cc1nc2cnc3[nH]ccc3c2n1C1CCN(C(=O)c2ccc(F)cc2)C1. The molecule has 6 nitrogen and oxygen atoms in total. The van der Waals surface area contributed by atoms with Gasteiger partial charge in [0.15, 0.2) is 0 Å². The Morgan fingerprint density at radius 3 is 2.89 bits per heavy atom. The van der Waals surface area contributed by atoms with Crippen molar-refractivity contribution in [2.75, 3.05) is 13.1 Å². The lowest BCUT2D eigenvalue weighted by Crippen LogP contribution is -2.29. The quantitative estimate of drug-likeness (QED) is 0.593. The van der Waals surface area contributed by atoms with E-state index in [0.717, 1.165) is 34.3 Å². The largest absolute Gasteiger partial charge is 0.346 e. The zero-order valence-corrected chi connectivity index (χ0v) is 14.8. The molecule has 1 atom stereocenters. The van der Waals surface area contributed by atoms with Crippen molar-refractivity contribution in [3.05, 3.63) is 59.9 Å². The van der Waals surface area contributed by atoms with Gasteiger partial charge in [-0.15, -0.1) is 0 Å². The maximum absolute atomic E-state index is 13.1. The number of pyridine rings is 1. The number of rotatable bonds is 2. The number of likely N-dealkylation sites (tertiary alicyclic amines) is 1. The van der Waals surface area contributed by atoms with E-state index >= 15 is 0 Å². The molecule has 1 N–H and O–H groups in total. The summed E-state index contributed by atoms with van der Waals surface area (Å²) in [5, 5.41) is 1.04. The van der Waals surface area contributed by atoms with Gasteiger partial charge in [0.25, 0.3) is 5.91 Å². The van der Waals surface area contributed by atoms with E-state index in [1.54, 1.807) is 6.20 Å². The number of nitrogens with one attached hydrogen (secondary N) is 1. The standard InChI is InChI=1S/C20H18FN5O/c1-12-24-17-10-23-19-16(6-8-22-19)18(17)26(12)15-7-9-25(11-15)20(27)13-2-4-14(21)5-3-13/h2-6,8,10,15H,7,9,11H2,1H3,(H,22,23). The second kappa shape index (κ2) is 5.90. The number of imidazole rings is 1. The number of carbonyl (C=O) groups excluding carboxylic acids is 1. The summed E-state index contributed by atoms with van der Waals surface area (Å²) in [6.07, 6.45) is 4.52. The molecule has 3 aromatic heterocycles. The summed E-state index contributed by atoms with van der Waals surface area (Å²) >= 11 is 0. The highest BCUT2D eigenvalue weighted by Crippen LogP contribution is 2.31. The molecule has 1 aliphatic rings. The monoisotopic (exact) mass is 363 g/mol. The third-order valence-electron chi connectivity index (χ3n) is 5.32. The third-order valence-corrected chi connectivity index (χ3v) is 5.32. The molecule has 1 fully saturated rings. The smallest absolute Gasteiger partial charge is 0.253 e. The van der Waals surface area contributed by atoms with Gasteiger partial charge in [-0.25, -0.2) is 14.4 Å². The van der Waals surface area contributed by atoms with Gasteiger partial charge in [0, 0.05) is 30.2 Å². The fraction of sp³-hybridized carbons (Fsp3) is 0.250. The van der Waals surface area contributed by atoms with Crippen molar-refractivity contribution in [1.29, 1.82) is 0 Å². The molecule has 7 heteroatoms. The highest BCUT2D eigenvalue weighted by atomic mass is 19.1. The van der Waals surface area contributed by atoms with Crippen molar-refractivity contribution in [3.63, 3.8) is 0 Å². The van der Waals surface area contributed by atoms with Crippen LogP contribution in [0.3, 0.4) is 0 Å². The summed E-state index contributed by atoms with van der Waals surface area (Å²) in [7, 11) is 0. The van der Waals surface area contributed by atoms with Gasteiger partial charge in [0.1, 0.15) is 22.8 Å². The first-order valence-electron chi connectivity index (χ1n) is 8.97. The number of nitrogens with zero attached hydrogens (tertiary/aromatic N) is 4. The highest BCUT2D eigenvalue weighted by molar-refractivity contribution is 6.01. The second-order valence-electron chi connectivity index (χ2n) is 6.96. The first-order valence-corrected chi connectivity index (χ1v) is 8.97. The van der Waals surface area contributed by atoms with Gasteiger partial charge in [-0.3, -0.25) is 4.79 Å². The average Bonchev–Trinajstić information content (AvgIpc) is 3.38. The number of amides is 1. The Kier molecular flexibility index (Phi) is 3.50. The maximum atomic E-state index is 13.1. The van der Waals surface area contributed by atoms with Gasteiger partial charge in [0.05, 0.1) is 17.8 Å². The first kappa shape index (κ1) is 16.0. The Balaban J connectivity index is 1.50. The van der Waals surface area contributed by atoms with Crippen LogP contribution in [-0.4, -0.2) is 43.4 Å². The Labute approximate surface area is 154 Å². The van der Waals surface area contributed by atoms with Crippen LogP contribution in [0.15, 0.2) is 42.7 Å². The molecule has 0 saturated carbocycles. The van der Waals surface area contributed by atoms with Crippen LogP contribution in [-0.2, 0) is 0 Å². The van der Waals surface area contributed by atoms with Gasteiger partial charge in [0.2, 0.25) is 0 Å². The van der Waals surface area contributed by atoms with E-state index in [9.17, 15) is 9.18 Å². The minimum atomic E-state index is -0.338. The molecule has 1 amide bonds. The molecule has 5 rings (SSSR count). The Bertz CT molecular complexity index is 1160. The van der Waals surface area contributed by atoms with E-state index in [2.05, 4.69) is 19.5 Å². The zero-order chi connectivity index (χ0) is 18.5. The van der Waals surface area contributed by atoms with Crippen molar-refractivity contribution in [2.45, 2.75) is 19.4 Å². The van der Waals surface area contributed by atoms with Gasteiger partial charge in [-0.1, -0.05) is 0 Å². The third kappa shape index (κ3) is 2.50. The lowest BCUT2D eigenvalue weighted by atomic mass is 10.2. The molecule has 0 bridgehead atoms. The normalized spacial score (nSPS) is 17.3.